The number of nitrogens with zero attached hydrogens (tertiary/aromatic N) is 1. The quantitative estimate of drug-likeness (QED) is 0.690. The first-order chi connectivity index (χ1) is 9.52. The van der Waals surface area contributed by atoms with Crippen LogP contribution in [0.4, 0.5) is 0 Å². The van der Waals surface area contributed by atoms with Gasteiger partial charge in [-0.05, 0) is 12.1 Å². The Kier molecular flexibility index (Phi) is 6.52. The lowest BCUT2D eigenvalue weighted by Crippen LogP contribution is -2.28. The Labute approximate surface area is 118 Å². The summed E-state index contributed by atoms with van der Waals surface area (Å²) < 4.78 is 5.41. The van der Waals surface area contributed by atoms with Crippen molar-refractivity contribution in [2.75, 3.05) is 33.8 Å². The number of carbonyl (C=O) groups is 2. The van der Waals surface area contributed by atoms with Crippen molar-refractivity contribution in [3.63, 3.8) is 0 Å². The summed E-state index contributed by atoms with van der Waals surface area (Å²) in [6, 6.07) is 6.51. The summed E-state index contributed by atoms with van der Waals surface area (Å²) in [6.45, 7) is 1.47. The van der Waals surface area contributed by atoms with Crippen molar-refractivity contribution in [3.8, 4) is 5.75 Å². The minimum Gasteiger partial charge on any atom is -0.491 e. The molecule has 0 spiro atoms. The van der Waals surface area contributed by atoms with Crippen molar-refractivity contribution >= 4 is 11.9 Å². The monoisotopic (exact) mass is 280 g/mol. The molecule has 0 radical (unpaired) electrons. The first kappa shape index (κ1) is 16.0. The van der Waals surface area contributed by atoms with E-state index in [2.05, 4.69) is 5.32 Å². The molecule has 1 aromatic rings. The van der Waals surface area contributed by atoms with E-state index in [4.69, 9.17) is 9.84 Å². The Balaban J connectivity index is 2.25. The van der Waals surface area contributed by atoms with E-state index in [0.29, 0.717) is 31.9 Å². The summed E-state index contributed by atoms with van der Waals surface area (Å²) >= 11 is 0. The van der Waals surface area contributed by atoms with E-state index in [0.717, 1.165) is 0 Å². The number of nitrogens with one attached hydrogen (secondary N) is 1. The van der Waals surface area contributed by atoms with Gasteiger partial charge in [0.05, 0.1) is 0 Å². The Morgan fingerprint density at radius 2 is 1.95 bits per heavy atom. The number of amides is 1. The van der Waals surface area contributed by atoms with Gasteiger partial charge in [-0.25, -0.2) is 4.79 Å². The second-order valence-electron chi connectivity index (χ2n) is 4.44. The Bertz CT molecular complexity index is 460. The number of para-hydroxylation sites is 1. The molecule has 6 heteroatoms. The van der Waals surface area contributed by atoms with Crippen LogP contribution in [-0.4, -0.2) is 55.7 Å². The van der Waals surface area contributed by atoms with Crippen LogP contribution in [0.15, 0.2) is 24.3 Å². The third-order valence-electron chi connectivity index (χ3n) is 2.67. The summed E-state index contributed by atoms with van der Waals surface area (Å²) in [6.07, 6.45) is 0.429. The first-order valence-corrected chi connectivity index (χ1v) is 6.38. The molecule has 0 aliphatic rings. The number of aromatic carboxylic acids is 1. The van der Waals surface area contributed by atoms with Gasteiger partial charge in [0.25, 0.3) is 0 Å². The van der Waals surface area contributed by atoms with Crippen molar-refractivity contribution in [2.45, 2.75) is 6.42 Å². The Morgan fingerprint density at radius 3 is 2.60 bits per heavy atom. The Morgan fingerprint density at radius 1 is 1.25 bits per heavy atom. The molecule has 1 rings (SSSR count). The van der Waals surface area contributed by atoms with Crippen LogP contribution in [-0.2, 0) is 4.79 Å². The molecule has 0 bridgehead atoms. The van der Waals surface area contributed by atoms with Gasteiger partial charge in [0.15, 0.2) is 0 Å². The summed E-state index contributed by atoms with van der Waals surface area (Å²) in [5, 5.41) is 12.1. The van der Waals surface area contributed by atoms with Crippen molar-refractivity contribution in [1.29, 1.82) is 0 Å². The largest absolute Gasteiger partial charge is 0.491 e. The molecule has 0 fully saturated rings. The maximum absolute atomic E-state index is 11.3. The topological polar surface area (TPSA) is 78.9 Å². The lowest BCUT2D eigenvalue weighted by molar-refractivity contribution is -0.128. The maximum atomic E-state index is 11.3. The van der Waals surface area contributed by atoms with Crippen LogP contribution in [0.2, 0.25) is 0 Å². The number of hydrogen-bond donors (Lipinski definition) is 2. The standard InChI is InChI=1S/C14H20N2O4/c1-16(2)13(17)7-8-15-9-10-20-12-6-4-3-5-11(12)14(18)19/h3-6,15H,7-10H2,1-2H3,(H,18,19). The molecule has 20 heavy (non-hydrogen) atoms. The fourth-order valence-corrected chi connectivity index (χ4v) is 1.55. The highest BCUT2D eigenvalue weighted by Crippen LogP contribution is 2.17. The van der Waals surface area contributed by atoms with E-state index in [1.807, 2.05) is 0 Å². The third-order valence-corrected chi connectivity index (χ3v) is 2.67. The van der Waals surface area contributed by atoms with Gasteiger partial charge in [-0.1, -0.05) is 12.1 Å². The molecule has 0 heterocycles. The molecular formula is C14H20N2O4. The SMILES string of the molecule is CN(C)C(=O)CCNCCOc1ccccc1C(=O)O. The zero-order valence-corrected chi connectivity index (χ0v) is 11.8. The van der Waals surface area contributed by atoms with Gasteiger partial charge in [-0.15, -0.1) is 0 Å². The number of carboxylic acids is 1. The summed E-state index contributed by atoms with van der Waals surface area (Å²) in [5.74, 6) is -0.592. The molecule has 0 atom stereocenters. The van der Waals surface area contributed by atoms with Crippen LogP contribution in [0.1, 0.15) is 16.8 Å². The Hall–Kier alpha value is -2.08. The minimum atomic E-state index is -1.01. The average molecular weight is 280 g/mol. The van der Waals surface area contributed by atoms with Crippen molar-refractivity contribution in [3.05, 3.63) is 29.8 Å². The van der Waals surface area contributed by atoms with Crippen LogP contribution < -0.4 is 10.1 Å². The predicted octanol–water partition coefficient (Wildman–Crippen LogP) is 0.831. The van der Waals surface area contributed by atoms with E-state index in [1.165, 1.54) is 6.07 Å². The van der Waals surface area contributed by atoms with Crippen LogP contribution in [0.25, 0.3) is 0 Å². The van der Waals surface area contributed by atoms with Gasteiger partial charge in [-0.3, -0.25) is 4.79 Å². The summed E-state index contributed by atoms with van der Waals surface area (Å²) in [7, 11) is 3.43. The fourth-order valence-electron chi connectivity index (χ4n) is 1.55. The summed E-state index contributed by atoms with van der Waals surface area (Å²) in [5.41, 5.74) is 0.148. The normalized spacial score (nSPS) is 10.1. The van der Waals surface area contributed by atoms with Crippen LogP contribution in [0.3, 0.4) is 0 Å². The molecule has 0 saturated carbocycles. The molecule has 0 aliphatic carbocycles. The highest BCUT2D eigenvalue weighted by Gasteiger charge is 2.09. The molecule has 1 amide bonds. The molecule has 0 saturated heterocycles. The zero-order chi connectivity index (χ0) is 15.0. The molecule has 110 valence electrons. The van der Waals surface area contributed by atoms with Gasteiger partial charge in [0, 0.05) is 33.6 Å². The second kappa shape index (κ2) is 8.16. The molecule has 0 aromatic heterocycles. The predicted molar refractivity (Wildman–Crippen MR) is 75.1 cm³/mol. The highest BCUT2D eigenvalue weighted by atomic mass is 16.5. The molecule has 6 nitrogen and oxygen atoms in total. The molecule has 0 aliphatic heterocycles. The lowest BCUT2D eigenvalue weighted by Gasteiger charge is -2.11. The van der Waals surface area contributed by atoms with Crippen LogP contribution >= 0.6 is 0 Å². The van der Waals surface area contributed by atoms with Gasteiger partial charge in [0.1, 0.15) is 17.9 Å². The second-order valence-corrected chi connectivity index (χ2v) is 4.44. The van der Waals surface area contributed by atoms with Crippen LogP contribution in [0.5, 0.6) is 5.75 Å². The van der Waals surface area contributed by atoms with Gasteiger partial charge >= 0.3 is 5.97 Å². The van der Waals surface area contributed by atoms with E-state index in [9.17, 15) is 9.59 Å². The smallest absolute Gasteiger partial charge is 0.339 e. The van der Waals surface area contributed by atoms with Crippen molar-refractivity contribution < 1.29 is 19.4 Å². The van der Waals surface area contributed by atoms with Gasteiger partial charge in [-0.2, -0.15) is 0 Å². The molecular weight excluding hydrogens is 260 g/mol. The van der Waals surface area contributed by atoms with E-state index >= 15 is 0 Å². The number of benzene rings is 1. The van der Waals surface area contributed by atoms with Crippen molar-refractivity contribution in [2.24, 2.45) is 0 Å². The maximum Gasteiger partial charge on any atom is 0.339 e. The lowest BCUT2D eigenvalue weighted by atomic mass is 10.2. The first-order valence-electron chi connectivity index (χ1n) is 6.38. The number of carboxylic acid groups (broad SMARTS) is 1. The molecule has 2 N–H and O–H groups in total. The number of rotatable bonds is 8. The third kappa shape index (κ3) is 5.27. The molecule has 1 aromatic carbocycles. The highest BCUT2D eigenvalue weighted by molar-refractivity contribution is 5.90. The zero-order valence-electron chi connectivity index (χ0n) is 11.8. The van der Waals surface area contributed by atoms with E-state index < -0.39 is 5.97 Å². The van der Waals surface area contributed by atoms with Crippen molar-refractivity contribution in [1.82, 2.24) is 10.2 Å². The van der Waals surface area contributed by atoms with Gasteiger partial charge < -0.3 is 20.1 Å². The van der Waals surface area contributed by atoms with Crippen LogP contribution in [0, 0.1) is 0 Å². The number of ether oxygens (including phenoxy) is 1. The fraction of sp³-hybridized carbons (Fsp3) is 0.429. The number of carbonyl (C=O) groups excluding carboxylic acids is 1. The molecule has 0 unspecified atom stereocenters. The minimum absolute atomic E-state index is 0.0645. The average Bonchev–Trinajstić information content (AvgIpc) is 2.42. The van der Waals surface area contributed by atoms with E-state index in [1.54, 1.807) is 37.2 Å². The van der Waals surface area contributed by atoms with Gasteiger partial charge in [0.2, 0.25) is 5.91 Å². The summed E-state index contributed by atoms with van der Waals surface area (Å²) in [4.78, 5) is 23.8. The van der Waals surface area contributed by atoms with E-state index in [-0.39, 0.29) is 11.5 Å². The number of hydrogen-bond acceptors (Lipinski definition) is 4.